The average molecular weight is 273 g/mol. The van der Waals surface area contributed by atoms with Crippen LogP contribution in [0.25, 0.3) is 0 Å². The number of rotatable bonds is 4. The Morgan fingerprint density at radius 3 is 2.55 bits per heavy atom. The number of benzene rings is 2. The third-order valence-corrected chi connectivity index (χ3v) is 2.98. The summed E-state index contributed by atoms with van der Waals surface area (Å²) in [5, 5.41) is 12.1. The minimum atomic E-state index is -0.270. The topological polar surface area (TPSA) is 41.8 Å². The van der Waals surface area contributed by atoms with Crippen molar-refractivity contribution in [2.45, 2.75) is 20.5 Å². The standard InChI is InChI=1S/C16H16FNO2/c1-11-3-8-15(12(2)18-19)16(9-11)20-10-13-4-6-14(17)7-5-13/h3-9,19H,10H2,1-2H3. The van der Waals surface area contributed by atoms with E-state index in [0.717, 1.165) is 16.7 Å². The lowest BCUT2D eigenvalue weighted by molar-refractivity contribution is 0.303. The highest BCUT2D eigenvalue weighted by Crippen LogP contribution is 2.22. The molecule has 3 nitrogen and oxygen atoms in total. The Morgan fingerprint density at radius 2 is 1.90 bits per heavy atom. The molecule has 0 saturated heterocycles. The van der Waals surface area contributed by atoms with Gasteiger partial charge in [-0.2, -0.15) is 0 Å². The fourth-order valence-electron chi connectivity index (χ4n) is 1.84. The van der Waals surface area contributed by atoms with E-state index in [2.05, 4.69) is 5.16 Å². The third-order valence-electron chi connectivity index (χ3n) is 2.98. The molecular weight excluding hydrogens is 257 g/mol. The first-order valence-corrected chi connectivity index (χ1v) is 6.27. The molecule has 2 aromatic rings. The molecule has 2 rings (SSSR count). The highest BCUT2D eigenvalue weighted by atomic mass is 19.1. The van der Waals surface area contributed by atoms with Gasteiger partial charge in [0.1, 0.15) is 18.2 Å². The fourth-order valence-corrected chi connectivity index (χ4v) is 1.84. The molecule has 0 saturated carbocycles. The lowest BCUT2D eigenvalue weighted by Gasteiger charge is -2.12. The van der Waals surface area contributed by atoms with E-state index in [0.29, 0.717) is 18.1 Å². The second kappa shape index (κ2) is 6.19. The van der Waals surface area contributed by atoms with E-state index in [1.54, 1.807) is 19.1 Å². The number of hydrogen-bond donors (Lipinski definition) is 1. The van der Waals surface area contributed by atoms with Crippen LogP contribution in [-0.2, 0) is 6.61 Å². The monoisotopic (exact) mass is 273 g/mol. The Bertz CT molecular complexity index is 621. The number of halogens is 1. The van der Waals surface area contributed by atoms with Crippen molar-refractivity contribution < 1.29 is 14.3 Å². The molecule has 0 aliphatic rings. The predicted molar refractivity (Wildman–Crippen MR) is 75.9 cm³/mol. The smallest absolute Gasteiger partial charge is 0.129 e. The van der Waals surface area contributed by atoms with Crippen molar-refractivity contribution in [3.05, 3.63) is 65.0 Å². The quantitative estimate of drug-likeness (QED) is 0.521. The molecule has 0 unspecified atom stereocenters. The lowest BCUT2D eigenvalue weighted by Crippen LogP contribution is -2.03. The van der Waals surface area contributed by atoms with Crippen LogP contribution >= 0.6 is 0 Å². The zero-order valence-electron chi connectivity index (χ0n) is 11.4. The summed E-state index contributed by atoms with van der Waals surface area (Å²) in [6.07, 6.45) is 0. The van der Waals surface area contributed by atoms with Gasteiger partial charge in [-0.15, -0.1) is 0 Å². The fraction of sp³-hybridized carbons (Fsp3) is 0.188. The first-order valence-electron chi connectivity index (χ1n) is 6.27. The maximum absolute atomic E-state index is 12.8. The molecule has 0 aliphatic carbocycles. The minimum absolute atomic E-state index is 0.270. The largest absolute Gasteiger partial charge is 0.488 e. The number of oxime groups is 1. The first-order chi connectivity index (χ1) is 9.60. The zero-order valence-corrected chi connectivity index (χ0v) is 11.4. The van der Waals surface area contributed by atoms with Crippen molar-refractivity contribution in [3.8, 4) is 5.75 Å². The molecule has 0 amide bonds. The Kier molecular flexibility index (Phi) is 4.35. The molecule has 0 aromatic heterocycles. The van der Waals surface area contributed by atoms with Crippen LogP contribution in [0.4, 0.5) is 4.39 Å². The lowest BCUT2D eigenvalue weighted by atomic mass is 10.1. The van der Waals surface area contributed by atoms with Gasteiger partial charge in [-0.25, -0.2) is 4.39 Å². The third kappa shape index (κ3) is 3.35. The zero-order chi connectivity index (χ0) is 14.5. The Balaban J connectivity index is 2.20. The van der Waals surface area contributed by atoms with Crippen molar-refractivity contribution in [1.29, 1.82) is 0 Å². The number of aryl methyl sites for hydroxylation is 1. The molecule has 2 aromatic carbocycles. The highest BCUT2D eigenvalue weighted by molar-refractivity contribution is 6.00. The van der Waals surface area contributed by atoms with Crippen LogP contribution in [0.1, 0.15) is 23.6 Å². The molecule has 0 aliphatic heterocycles. The van der Waals surface area contributed by atoms with Crippen molar-refractivity contribution in [3.63, 3.8) is 0 Å². The highest BCUT2D eigenvalue weighted by Gasteiger charge is 2.08. The van der Waals surface area contributed by atoms with Crippen LogP contribution in [0.15, 0.2) is 47.6 Å². The molecule has 0 spiro atoms. The molecule has 1 N–H and O–H groups in total. The SMILES string of the molecule is CC(=NO)c1ccc(C)cc1OCc1ccc(F)cc1. The van der Waals surface area contributed by atoms with Gasteiger partial charge in [0.15, 0.2) is 0 Å². The predicted octanol–water partition coefficient (Wildman–Crippen LogP) is 3.91. The van der Waals surface area contributed by atoms with Gasteiger partial charge in [0.05, 0.1) is 5.71 Å². The summed E-state index contributed by atoms with van der Waals surface area (Å²) in [5.74, 6) is 0.373. The van der Waals surface area contributed by atoms with E-state index < -0.39 is 0 Å². The molecule has 0 atom stereocenters. The van der Waals surface area contributed by atoms with Gasteiger partial charge in [-0.1, -0.05) is 23.4 Å². The van der Waals surface area contributed by atoms with Gasteiger partial charge in [0.2, 0.25) is 0 Å². The molecule has 104 valence electrons. The minimum Gasteiger partial charge on any atom is -0.488 e. The van der Waals surface area contributed by atoms with Gasteiger partial charge in [-0.05, 0) is 49.2 Å². The summed E-state index contributed by atoms with van der Waals surface area (Å²) in [7, 11) is 0. The molecule has 0 heterocycles. The molecule has 0 radical (unpaired) electrons. The number of ether oxygens (including phenoxy) is 1. The van der Waals surface area contributed by atoms with Crippen LogP contribution in [0.3, 0.4) is 0 Å². The summed E-state index contributed by atoms with van der Waals surface area (Å²) < 4.78 is 18.6. The average Bonchev–Trinajstić information content (AvgIpc) is 2.46. The normalized spacial score (nSPS) is 11.4. The van der Waals surface area contributed by atoms with E-state index >= 15 is 0 Å². The Labute approximate surface area is 117 Å². The second-order valence-electron chi connectivity index (χ2n) is 4.60. The maximum Gasteiger partial charge on any atom is 0.129 e. The van der Waals surface area contributed by atoms with Crippen molar-refractivity contribution in [1.82, 2.24) is 0 Å². The van der Waals surface area contributed by atoms with Crippen LogP contribution < -0.4 is 4.74 Å². The van der Waals surface area contributed by atoms with E-state index in [-0.39, 0.29) is 5.82 Å². The molecule has 0 bridgehead atoms. The Morgan fingerprint density at radius 1 is 1.20 bits per heavy atom. The van der Waals surface area contributed by atoms with Crippen LogP contribution in [0.2, 0.25) is 0 Å². The van der Waals surface area contributed by atoms with Gasteiger partial charge in [-0.3, -0.25) is 0 Å². The van der Waals surface area contributed by atoms with Gasteiger partial charge < -0.3 is 9.94 Å². The molecule has 4 heteroatoms. The van der Waals surface area contributed by atoms with Crippen molar-refractivity contribution in [2.75, 3.05) is 0 Å². The van der Waals surface area contributed by atoms with E-state index in [4.69, 9.17) is 9.94 Å². The van der Waals surface area contributed by atoms with E-state index in [1.165, 1.54) is 12.1 Å². The number of hydrogen-bond acceptors (Lipinski definition) is 3. The van der Waals surface area contributed by atoms with E-state index in [1.807, 2.05) is 25.1 Å². The summed E-state index contributed by atoms with van der Waals surface area (Å²) in [4.78, 5) is 0. The van der Waals surface area contributed by atoms with Gasteiger partial charge in [0.25, 0.3) is 0 Å². The van der Waals surface area contributed by atoms with Crippen LogP contribution in [-0.4, -0.2) is 10.9 Å². The molecule has 0 fully saturated rings. The summed E-state index contributed by atoms with van der Waals surface area (Å²) >= 11 is 0. The molecular formula is C16H16FNO2. The van der Waals surface area contributed by atoms with Gasteiger partial charge >= 0.3 is 0 Å². The summed E-state index contributed by atoms with van der Waals surface area (Å²) in [5.41, 5.74) is 3.14. The summed E-state index contributed by atoms with van der Waals surface area (Å²) in [6, 6.07) is 11.8. The van der Waals surface area contributed by atoms with Crippen LogP contribution in [0, 0.1) is 12.7 Å². The maximum atomic E-state index is 12.8. The van der Waals surface area contributed by atoms with Crippen molar-refractivity contribution >= 4 is 5.71 Å². The van der Waals surface area contributed by atoms with Crippen LogP contribution in [0.5, 0.6) is 5.75 Å². The Hall–Kier alpha value is -2.36. The van der Waals surface area contributed by atoms with E-state index in [9.17, 15) is 4.39 Å². The second-order valence-corrected chi connectivity index (χ2v) is 4.60. The summed E-state index contributed by atoms with van der Waals surface area (Å²) in [6.45, 7) is 3.99. The first kappa shape index (κ1) is 14.1. The number of nitrogens with zero attached hydrogens (tertiary/aromatic N) is 1. The van der Waals surface area contributed by atoms with Gasteiger partial charge in [0, 0.05) is 5.56 Å². The van der Waals surface area contributed by atoms with Crippen molar-refractivity contribution in [2.24, 2.45) is 5.16 Å². The molecule has 20 heavy (non-hydrogen) atoms.